The van der Waals surface area contributed by atoms with Gasteiger partial charge in [-0.2, -0.15) is 0 Å². The molecule has 0 aliphatic carbocycles. The van der Waals surface area contributed by atoms with Gasteiger partial charge in [0.15, 0.2) is 0 Å². The maximum atomic E-state index is 12.6. The summed E-state index contributed by atoms with van der Waals surface area (Å²) < 4.78 is 0. The molecule has 2 rings (SSSR count). The molecule has 1 aromatic carbocycles. The summed E-state index contributed by atoms with van der Waals surface area (Å²) in [7, 11) is 0. The Labute approximate surface area is 138 Å². The van der Waals surface area contributed by atoms with Crippen LogP contribution in [0, 0.1) is 6.92 Å². The van der Waals surface area contributed by atoms with Crippen molar-refractivity contribution in [3.63, 3.8) is 0 Å². The van der Waals surface area contributed by atoms with Crippen LogP contribution >= 0.6 is 0 Å². The number of likely N-dealkylation sites (tertiary alicyclic amines) is 1. The van der Waals surface area contributed by atoms with E-state index in [2.05, 4.69) is 5.32 Å². The SMILES string of the molecule is Cc1ccc(CC(=O)N2CCCCC2CNC(=O)CCN)cc1. The Morgan fingerprint density at radius 2 is 2.00 bits per heavy atom. The first kappa shape index (κ1) is 17.5. The predicted molar refractivity (Wildman–Crippen MR) is 90.9 cm³/mol. The average Bonchev–Trinajstić information content (AvgIpc) is 2.55. The highest BCUT2D eigenvalue weighted by atomic mass is 16.2. The van der Waals surface area contributed by atoms with Gasteiger partial charge in [-0.3, -0.25) is 9.59 Å². The third-order valence-corrected chi connectivity index (χ3v) is 4.33. The number of carbonyl (C=O) groups is 2. The van der Waals surface area contributed by atoms with Crippen molar-refractivity contribution in [1.29, 1.82) is 0 Å². The molecule has 1 aliphatic heterocycles. The molecule has 5 heteroatoms. The van der Waals surface area contributed by atoms with Crippen molar-refractivity contribution in [2.24, 2.45) is 5.73 Å². The minimum atomic E-state index is -0.0380. The van der Waals surface area contributed by atoms with Crippen LogP contribution in [0.5, 0.6) is 0 Å². The number of carbonyl (C=O) groups excluding carboxylic acids is 2. The predicted octanol–water partition coefficient (Wildman–Crippen LogP) is 1.38. The molecule has 1 atom stereocenters. The molecule has 23 heavy (non-hydrogen) atoms. The summed E-state index contributed by atoms with van der Waals surface area (Å²) in [6, 6.07) is 8.18. The number of aryl methyl sites for hydroxylation is 1. The number of piperidine rings is 1. The molecule has 5 nitrogen and oxygen atoms in total. The Bertz CT molecular complexity index is 528. The molecule has 0 radical (unpaired) electrons. The molecule has 1 unspecified atom stereocenters. The van der Waals surface area contributed by atoms with E-state index in [4.69, 9.17) is 5.73 Å². The van der Waals surface area contributed by atoms with Gasteiger partial charge in [0, 0.05) is 32.1 Å². The van der Waals surface area contributed by atoms with Gasteiger partial charge in [0.25, 0.3) is 0 Å². The van der Waals surface area contributed by atoms with E-state index in [0.717, 1.165) is 31.4 Å². The molecule has 0 bridgehead atoms. The van der Waals surface area contributed by atoms with Gasteiger partial charge in [-0.25, -0.2) is 0 Å². The van der Waals surface area contributed by atoms with Crippen molar-refractivity contribution < 1.29 is 9.59 Å². The Balaban J connectivity index is 1.92. The van der Waals surface area contributed by atoms with Gasteiger partial charge >= 0.3 is 0 Å². The Hall–Kier alpha value is -1.88. The van der Waals surface area contributed by atoms with Crippen molar-refractivity contribution in [2.45, 2.75) is 45.1 Å². The summed E-state index contributed by atoms with van der Waals surface area (Å²) >= 11 is 0. The minimum absolute atomic E-state index is 0.0380. The molecule has 3 N–H and O–H groups in total. The summed E-state index contributed by atoms with van der Waals surface area (Å²) in [5.74, 6) is 0.107. The fourth-order valence-corrected chi connectivity index (χ4v) is 2.97. The molecule has 2 amide bonds. The van der Waals surface area contributed by atoms with Gasteiger partial charge in [0.1, 0.15) is 0 Å². The Morgan fingerprint density at radius 3 is 2.70 bits per heavy atom. The minimum Gasteiger partial charge on any atom is -0.354 e. The van der Waals surface area contributed by atoms with Crippen LogP contribution in [0.25, 0.3) is 0 Å². The van der Waals surface area contributed by atoms with Crippen LogP contribution in [0.2, 0.25) is 0 Å². The standard InChI is InChI=1S/C18H27N3O2/c1-14-5-7-15(8-6-14)12-18(23)21-11-3-2-4-16(21)13-20-17(22)9-10-19/h5-8,16H,2-4,9-13,19H2,1H3,(H,20,22). The monoisotopic (exact) mass is 317 g/mol. The zero-order valence-corrected chi connectivity index (χ0v) is 13.9. The van der Waals surface area contributed by atoms with Crippen LogP contribution in [0.1, 0.15) is 36.8 Å². The van der Waals surface area contributed by atoms with Gasteiger partial charge in [-0.1, -0.05) is 29.8 Å². The number of benzene rings is 1. The van der Waals surface area contributed by atoms with Crippen LogP contribution in [-0.4, -0.2) is 42.4 Å². The third kappa shape index (κ3) is 5.36. The first-order valence-corrected chi connectivity index (χ1v) is 8.42. The van der Waals surface area contributed by atoms with Crippen LogP contribution in [0.3, 0.4) is 0 Å². The first-order valence-electron chi connectivity index (χ1n) is 8.42. The highest BCUT2D eigenvalue weighted by molar-refractivity contribution is 5.79. The normalized spacial score (nSPS) is 17.8. The summed E-state index contributed by atoms with van der Waals surface area (Å²) in [6.07, 6.45) is 3.85. The van der Waals surface area contributed by atoms with Crippen LogP contribution in [-0.2, 0) is 16.0 Å². The van der Waals surface area contributed by atoms with E-state index in [1.165, 1.54) is 5.56 Å². The van der Waals surface area contributed by atoms with E-state index in [1.807, 2.05) is 36.1 Å². The number of amides is 2. The van der Waals surface area contributed by atoms with Crippen molar-refractivity contribution in [3.8, 4) is 0 Å². The summed E-state index contributed by atoms with van der Waals surface area (Å²) in [6.45, 7) is 3.70. The zero-order chi connectivity index (χ0) is 16.7. The molecule has 1 heterocycles. The lowest BCUT2D eigenvalue weighted by Crippen LogP contribution is -2.50. The van der Waals surface area contributed by atoms with Crippen LogP contribution < -0.4 is 11.1 Å². The van der Waals surface area contributed by atoms with Gasteiger partial charge < -0.3 is 16.0 Å². The maximum absolute atomic E-state index is 12.6. The van der Waals surface area contributed by atoms with E-state index in [9.17, 15) is 9.59 Å². The fourth-order valence-electron chi connectivity index (χ4n) is 2.97. The zero-order valence-electron chi connectivity index (χ0n) is 13.9. The average molecular weight is 317 g/mol. The Kier molecular flexibility index (Phi) is 6.59. The number of nitrogens with one attached hydrogen (secondary N) is 1. The van der Waals surface area contributed by atoms with Gasteiger partial charge in [0.05, 0.1) is 6.42 Å². The number of nitrogens with two attached hydrogens (primary N) is 1. The van der Waals surface area contributed by atoms with Crippen LogP contribution in [0.15, 0.2) is 24.3 Å². The number of hydrogen-bond donors (Lipinski definition) is 2. The lowest BCUT2D eigenvalue weighted by molar-refractivity contribution is -0.134. The highest BCUT2D eigenvalue weighted by Crippen LogP contribution is 2.18. The molecule has 1 saturated heterocycles. The summed E-state index contributed by atoms with van der Waals surface area (Å²) in [5.41, 5.74) is 7.62. The van der Waals surface area contributed by atoms with Gasteiger partial charge in [-0.15, -0.1) is 0 Å². The molecule has 1 fully saturated rings. The van der Waals surface area contributed by atoms with Crippen LogP contribution in [0.4, 0.5) is 0 Å². The maximum Gasteiger partial charge on any atom is 0.227 e. The molecule has 0 spiro atoms. The van der Waals surface area contributed by atoms with Crippen molar-refractivity contribution >= 4 is 11.8 Å². The fraction of sp³-hybridized carbons (Fsp3) is 0.556. The second kappa shape index (κ2) is 8.67. The molecule has 0 saturated carbocycles. The van der Waals surface area contributed by atoms with E-state index in [-0.39, 0.29) is 17.9 Å². The molecule has 126 valence electrons. The topological polar surface area (TPSA) is 75.4 Å². The highest BCUT2D eigenvalue weighted by Gasteiger charge is 2.26. The summed E-state index contributed by atoms with van der Waals surface area (Å²) in [4.78, 5) is 26.2. The van der Waals surface area contributed by atoms with Crippen molar-refractivity contribution in [1.82, 2.24) is 10.2 Å². The molecule has 1 aliphatic rings. The van der Waals surface area contributed by atoms with E-state index in [0.29, 0.717) is 25.9 Å². The number of hydrogen-bond acceptors (Lipinski definition) is 3. The largest absolute Gasteiger partial charge is 0.354 e. The second-order valence-electron chi connectivity index (χ2n) is 6.24. The molecule has 1 aromatic rings. The summed E-state index contributed by atoms with van der Waals surface area (Å²) in [5, 5.41) is 2.90. The smallest absolute Gasteiger partial charge is 0.227 e. The van der Waals surface area contributed by atoms with Gasteiger partial charge in [0.2, 0.25) is 11.8 Å². The lowest BCUT2D eigenvalue weighted by atomic mass is 10.0. The van der Waals surface area contributed by atoms with E-state index in [1.54, 1.807) is 0 Å². The molecule has 0 aromatic heterocycles. The van der Waals surface area contributed by atoms with Gasteiger partial charge in [-0.05, 0) is 31.7 Å². The lowest BCUT2D eigenvalue weighted by Gasteiger charge is -2.36. The number of nitrogens with zero attached hydrogens (tertiary/aromatic N) is 1. The van der Waals surface area contributed by atoms with E-state index >= 15 is 0 Å². The number of rotatable bonds is 6. The van der Waals surface area contributed by atoms with Crippen molar-refractivity contribution in [3.05, 3.63) is 35.4 Å². The third-order valence-electron chi connectivity index (χ3n) is 4.33. The first-order chi connectivity index (χ1) is 11.1. The Morgan fingerprint density at radius 1 is 1.26 bits per heavy atom. The second-order valence-corrected chi connectivity index (χ2v) is 6.24. The quantitative estimate of drug-likeness (QED) is 0.832. The van der Waals surface area contributed by atoms with Crippen molar-refractivity contribution in [2.75, 3.05) is 19.6 Å². The van der Waals surface area contributed by atoms with E-state index < -0.39 is 0 Å². The molecular weight excluding hydrogens is 290 g/mol. The molecular formula is C18H27N3O2.